The number of amides is 3. The van der Waals surface area contributed by atoms with E-state index in [9.17, 15) is 9.59 Å². The van der Waals surface area contributed by atoms with Gasteiger partial charge in [-0.15, -0.1) is 11.3 Å². The molecule has 0 aliphatic heterocycles. The number of benzene rings is 1. The number of para-hydroxylation sites is 1. The van der Waals surface area contributed by atoms with Gasteiger partial charge in [-0.3, -0.25) is 10.1 Å². The minimum Gasteiger partial charge on any atom is -0.351 e. The molecule has 0 aliphatic carbocycles. The molecule has 3 amide bonds. The number of thiazole rings is 1. The molecule has 0 radical (unpaired) electrons. The number of aromatic nitrogens is 1. The average molecular weight is 281 g/mol. The number of rotatable bonds is 4. The first-order valence-electron chi connectivity index (χ1n) is 5.23. The van der Waals surface area contributed by atoms with Crippen molar-refractivity contribution in [3.8, 4) is 0 Å². The van der Waals surface area contributed by atoms with Crippen molar-refractivity contribution in [1.29, 1.82) is 0 Å². The van der Waals surface area contributed by atoms with Crippen molar-refractivity contribution in [2.75, 3.05) is 5.75 Å². The van der Waals surface area contributed by atoms with Crippen LogP contribution in [0.15, 0.2) is 28.6 Å². The second kappa shape index (κ2) is 5.83. The Hall–Kier alpha value is -1.60. The summed E-state index contributed by atoms with van der Waals surface area (Å²) >= 11 is 3.09. The number of nitrogens with zero attached hydrogens (tertiary/aromatic N) is 1. The Morgan fingerprint density at radius 3 is 2.89 bits per heavy atom. The summed E-state index contributed by atoms with van der Waals surface area (Å²) in [6.45, 7) is 0. The zero-order valence-corrected chi connectivity index (χ0v) is 11.0. The number of thioether (sulfide) groups is 1. The lowest BCUT2D eigenvalue weighted by Crippen LogP contribution is -2.35. The van der Waals surface area contributed by atoms with Gasteiger partial charge in [0.05, 0.1) is 10.2 Å². The standard InChI is InChI=1S/C11H11N3O2S2/c12-10(16)14-9(15)5-6-17-11-13-7-3-1-2-4-8(7)18-11/h1-4H,5-6H2,(H3,12,14,15,16). The molecule has 0 aliphatic rings. The monoisotopic (exact) mass is 281 g/mol. The number of nitrogens with two attached hydrogens (primary N) is 1. The van der Waals surface area contributed by atoms with E-state index in [1.54, 1.807) is 11.3 Å². The topological polar surface area (TPSA) is 85.1 Å². The molecule has 7 heteroatoms. The molecule has 1 aromatic carbocycles. The zero-order chi connectivity index (χ0) is 13.0. The van der Waals surface area contributed by atoms with Crippen molar-refractivity contribution < 1.29 is 9.59 Å². The summed E-state index contributed by atoms with van der Waals surface area (Å²) in [5.74, 6) is 0.204. The van der Waals surface area contributed by atoms with E-state index >= 15 is 0 Å². The summed E-state index contributed by atoms with van der Waals surface area (Å²) in [6, 6.07) is 7.06. The Kier molecular flexibility index (Phi) is 4.16. The maximum absolute atomic E-state index is 11.2. The number of carbonyl (C=O) groups excluding carboxylic acids is 2. The number of imide groups is 1. The Morgan fingerprint density at radius 1 is 1.39 bits per heavy atom. The number of urea groups is 1. The SMILES string of the molecule is NC(=O)NC(=O)CCSc1nc2ccccc2s1. The van der Waals surface area contributed by atoms with Crippen LogP contribution in [0.4, 0.5) is 4.79 Å². The summed E-state index contributed by atoms with van der Waals surface area (Å²) in [7, 11) is 0. The zero-order valence-electron chi connectivity index (χ0n) is 9.38. The van der Waals surface area contributed by atoms with E-state index in [1.807, 2.05) is 29.6 Å². The Labute approximate surface area is 112 Å². The highest BCUT2D eigenvalue weighted by atomic mass is 32.2. The molecule has 0 unspecified atom stereocenters. The van der Waals surface area contributed by atoms with Crippen LogP contribution in [0.3, 0.4) is 0 Å². The van der Waals surface area contributed by atoms with Crippen molar-refractivity contribution >= 4 is 45.3 Å². The van der Waals surface area contributed by atoms with Crippen molar-refractivity contribution in [3.63, 3.8) is 0 Å². The highest BCUT2D eigenvalue weighted by Gasteiger charge is 2.07. The predicted molar refractivity (Wildman–Crippen MR) is 72.7 cm³/mol. The minimum absolute atomic E-state index is 0.240. The molecule has 3 N–H and O–H groups in total. The van der Waals surface area contributed by atoms with Crippen LogP contribution in [-0.2, 0) is 4.79 Å². The summed E-state index contributed by atoms with van der Waals surface area (Å²) in [5.41, 5.74) is 5.80. The molecule has 1 aromatic heterocycles. The summed E-state index contributed by atoms with van der Waals surface area (Å²) in [4.78, 5) is 26.0. The van der Waals surface area contributed by atoms with E-state index in [2.05, 4.69) is 4.98 Å². The van der Waals surface area contributed by atoms with E-state index in [4.69, 9.17) is 5.73 Å². The Balaban J connectivity index is 1.87. The number of primary amides is 1. The molecule has 0 bridgehead atoms. The van der Waals surface area contributed by atoms with Gasteiger partial charge in [0.15, 0.2) is 4.34 Å². The normalized spacial score (nSPS) is 10.4. The molecule has 0 saturated carbocycles. The lowest BCUT2D eigenvalue weighted by Gasteiger charge is -1.98. The summed E-state index contributed by atoms with van der Waals surface area (Å²) < 4.78 is 2.05. The predicted octanol–water partition coefficient (Wildman–Crippen LogP) is 1.97. The first-order chi connectivity index (χ1) is 8.65. The molecule has 0 spiro atoms. The lowest BCUT2D eigenvalue weighted by molar-refractivity contribution is -0.119. The second-order valence-corrected chi connectivity index (χ2v) is 5.83. The summed E-state index contributed by atoms with van der Waals surface area (Å²) in [6.07, 6.45) is 0.240. The van der Waals surface area contributed by atoms with Gasteiger partial charge in [-0.1, -0.05) is 23.9 Å². The fraction of sp³-hybridized carbons (Fsp3) is 0.182. The van der Waals surface area contributed by atoms with Gasteiger partial charge < -0.3 is 5.73 Å². The van der Waals surface area contributed by atoms with Crippen LogP contribution < -0.4 is 11.1 Å². The quantitative estimate of drug-likeness (QED) is 0.839. The molecule has 5 nitrogen and oxygen atoms in total. The van der Waals surface area contributed by atoms with E-state index in [0.29, 0.717) is 5.75 Å². The van der Waals surface area contributed by atoms with Crippen LogP contribution in [0.5, 0.6) is 0 Å². The van der Waals surface area contributed by atoms with Gasteiger partial charge in [-0.2, -0.15) is 0 Å². The number of hydrogen-bond acceptors (Lipinski definition) is 5. The largest absolute Gasteiger partial charge is 0.351 e. The molecule has 0 saturated heterocycles. The third-order valence-electron chi connectivity index (χ3n) is 2.09. The third kappa shape index (κ3) is 3.44. The molecular formula is C11H11N3O2S2. The smallest absolute Gasteiger partial charge is 0.318 e. The van der Waals surface area contributed by atoms with Crippen LogP contribution >= 0.6 is 23.1 Å². The van der Waals surface area contributed by atoms with Crippen molar-refractivity contribution in [2.45, 2.75) is 10.8 Å². The second-order valence-electron chi connectivity index (χ2n) is 3.46. The number of fused-ring (bicyclic) bond motifs is 1. The van der Waals surface area contributed by atoms with Crippen molar-refractivity contribution in [3.05, 3.63) is 24.3 Å². The molecular weight excluding hydrogens is 270 g/mol. The van der Waals surface area contributed by atoms with E-state index in [1.165, 1.54) is 11.8 Å². The lowest BCUT2D eigenvalue weighted by atomic mass is 10.3. The van der Waals surface area contributed by atoms with Crippen LogP contribution in [0.1, 0.15) is 6.42 Å². The van der Waals surface area contributed by atoms with Gasteiger partial charge in [0.2, 0.25) is 5.91 Å². The highest BCUT2D eigenvalue weighted by molar-refractivity contribution is 8.01. The number of hydrogen-bond donors (Lipinski definition) is 2. The third-order valence-corrected chi connectivity index (χ3v) is 4.27. The van der Waals surface area contributed by atoms with Gasteiger partial charge in [0.25, 0.3) is 0 Å². The fourth-order valence-corrected chi connectivity index (χ4v) is 3.42. The number of nitrogens with one attached hydrogen (secondary N) is 1. The first-order valence-corrected chi connectivity index (χ1v) is 7.03. The van der Waals surface area contributed by atoms with E-state index < -0.39 is 6.03 Å². The Morgan fingerprint density at radius 2 is 2.17 bits per heavy atom. The van der Waals surface area contributed by atoms with Gasteiger partial charge >= 0.3 is 6.03 Å². The fourth-order valence-electron chi connectivity index (χ4n) is 1.34. The van der Waals surface area contributed by atoms with Gasteiger partial charge in [0, 0.05) is 12.2 Å². The Bertz CT molecular complexity index is 549. The molecule has 0 fully saturated rings. The molecule has 18 heavy (non-hydrogen) atoms. The molecule has 0 atom stereocenters. The first kappa shape index (κ1) is 12.8. The van der Waals surface area contributed by atoms with Crippen LogP contribution in [0, 0.1) is 0 Å². The van der Waals surface area contributed by atoms with Gasteiger partial charge in [-0.25, -0.2) is 9.78 Å². The van der Waals surface area contributed by atoms with Gasteiger partial charge in [0.1, 0.15) is 0 Å². The number of carbonyl (C=O) groups is 2. The summed E-state index contributed by atoms with van der Waals surface area (Å²) in [5, 5.41) is 2.03. The molecule has 94 valence electrons. The van der Waals surface area contributed by atoms with E-state index in [0.717, 1.165) is 14.6 Å². The molecule has 1 heterocycles. The van der Waals surface area contributed by atoms with Crippen molar-refractivity contribution in [1.82, 2.24) is 10.3 Å². The minimum atomic E-state index is -0.815. The average Bonchev–Trinajstić information content (AvgIpc) is 2.70. The maximum atomic E-state index is 11.2. The van der Waals surface area contributed by atoms with Crippen LogP contribution in [-0.4, -0.2) is 22.7 Å². The van der Waals surface area contributed by atoms with Crippen LogP contribution in [0.2, 0.25) is 0 Å². The highest BCUT2D eigenvalue weighted by Crippen LogP contribution is 2.29. The van der Waals surface area contributed by atoms with Crippen LogP contribution in [0.25, 0.3) is 10.2 Å². The molecule has 2 aromatic rings. The van der Waals surface area contributed by atoms with E-state index in [-0.39, 0.29) is 12.3 Å². The van der Waals surface area contributed by atoms with Crippen molar-refractivity contribution in [2.24, 2.45) is 5.73 Å². The molecule has 2 rings (SSSR count). The van der Waals surface area contributed by atoms with Gasteiger partial charge in [-0.05, 0) is 12.1 Å². The maximum Gasteiger partial charge on any atom is 0.318 e.